The van der Waals surface area contributed by atoms with Gasteiger partial charge >= 0.3 is 0 Å². The van der Waals surface area contributed by atoms with Crippen LogP contribution in [-0.4, -0.2) is 72.6 Å². The van der Waals surface area contributed by atoms with Crippen molar-refractivity contribution in [2.45, 2.75) is 57.0 Å². The van der Waals surface area contributed by atoms with Crippen molar-refractivity contribution >= 4 is 5.82 Å². The van der Waals surface area contributed by atoms with Gasteiger partial charge in [0.15, 0.2) is 0 Å². The fourth-order valence-corrected chi connectivity index (χ4v) is 6.33. The van der Waals surface area contributed by atoms with Gasteiger partial charge in [0.2, 0.25) is 0 Å². The number of terminal acetylenes is 1. The van der Waals surface area contributed by atoms with Crippen LogP contribution < -0.4 is 4.90 Å². The highest BCUT2D eigenvalue weighted by Crippen LogP contribution is 2.48. The van der Waals surface area contributed by atoms with Crippen LogP contribution in [0.2, 0.25) is 0 Å². The van der Waals surface area contributed by atoms with Crippen LogP contribution in [0.25, 0.3) is 0 Å². The van der Waals surface area contributed by atoms with Gasteiger partial charge in [0.05, 0.1) is 5.69 Å². The molecule has 2 bridgehead atoms. The van der Waals surface area contributed by atoms with E-state index in [0.717, 1.165) is 56.1 Å². The van der Waals surface area contributed by atoms with Gasteiger partial charge in [-0.3, -0.25) is 4.90 Å². The quantitative estimate of drug-likeness (QED) is 0.592. The molecule has 35 heavy (non-hydrogen) atoms. The minimum Gasteiger partial charge on any atom is -0.382 e. The van der Waals surface area contributed by atoms with Crippen LogP contribution in [0.1, 0.15) is 43.5 Å². The summed E-state index contributed by atoms with van der Waals surface area (Å²) in [5.74, 6) is 3.97. The summed E-state index contributed by atoms with van der Waals surface area (Å²) in [6.45, 7) is 8.74. The summed E-state index contributed by atoms with van der Waals surface area (Å²) >= 11 is 0. The van der Waals surface area contributed by atoms with Crippen molar-refractivity contribution in [2.24, 2.45) is 5.92 Å². The Balaban J connectivity index is 1.53. The molecular formula is C29H37N3O3. The summed E-state index contributed by atoms with van der Waals surface area (Å²) in [6.07, 6.45) is 8.62. The molecule has 4 fully saturated rings. The maximum atomic E-state index is 12.3. The summed E-state index contributed by atoms with van der Waals surface area (Å²) in [7, 11) is 0. The maximum absolute atomic E-state index is 12.3. The van der Waals surface area contributed by atoms with E-state index in [1.807, 2.05) is 38.1 Å². The highest BCUT2D eigenvalue weighted by molar-refractivity contribution is 5.48. The number of hydrogen-bond acceptors (Lipinski definition) is 6. The highest BCUT2D eigenvalue weighted by atomic mass is 16.5. The molecule has 6 nitrogen and oxygen atoms in total. The van der Waals surface area contributed by atoms with Gasteiger partial charge in [-0.15, -0.1) is 6.42 Å². The summed E-state index contributed by atoms with van der Waals surface area (Å²) in [6, 6.07) is 14.1. The lowest BCUT2D eigenvalue weighted by atomic mass is 9.66. The number of hydrogen-bond donors (Lipinski definition) is 1. The van der Waals surface area contributed by atoms with Gasteiger partial charge in [-0.2, -0.15) is 0 Å². The third kappa shape index (κ3) is 4.47. The Morgan fingerprint density at radius 1 is 1.03 bits per heavy atom. The molecule has 0 spiro atoms. The molecule has 4 aliphatic rings. The minimum absolute atomic E-state index is 0.0240. The largest absolute Gasteiger partial charge is 0.382 e. The molecule has 1 N–H and O–H groups in total. The molecule has 0 radical (unpaired) electrons. The number of anilines is 1. The monoisotopic (exact) mass is 475 g/mol. The van der Waals surface area contributed by atoms with E-state index in [1.54, 1.807) is 0 Å². The highest BCUT2D eigenvalue weighted by Gasteiger charge is 2.54. The first-order valence-electron chi connectivity index (χ1n) is 13.0. The number of rotatable bonds is 8. The second-order valence-corrected chi connectivity index (χ2v) is 9.92. The van der Waals surface area contributed by atoms with Crippen LogP contribution in [0, 0.1) is 18.3 Å². The normalized spacial score (nSPS) is 32.1. The summed E-state index contributed by atoms with van der Waals surface area (Å²) < 4.78 is 12.0. The van der Waals surface area contributed by atoms with E-state index in [0.29, 0.717) is 19.6 Å². The molecule has 0 saturated carbocycles. The lowest BCUT2D eigenvalue weighted by Crippen LogP contribution is -2.63. The molecule has 1 unspecified atom stereocenters. The first-order valence-corrected chi connectivity index (χ1v) is 13.0. The van der Waals surface area contributed by atoms with Crippen molar-refractivity contribution in [3.05, 3.63) is 59.3 Å². The van der Waals surface area contributed by atoms with E-state index >= 15 is 0 Å². The van der Waals surface area contributed by atoms with Crippen molar-refractivity contribution in [3.8, 4) is 12.3 Å². The van der Waals surface area contributed by atoms with E-state index in [-0.39, 0.29) is 24.2 Å². The van der Waals surface area contributed by atoms with E-state index in [1.165, 1.54) is 5.56 Å². The Morgan fingerprint density at radius 2 is 1.69 bits per heavy atom. The van der Waals surface area contributed by atoms with Crippen molar-refractivity contribution in [1.29, 1.82) is 0 Å². The third-order valence-electron chi connectivity index (χ3n) is 8.00. The van der Waals surface area contributed by atoms with Crippen LogP contribution in [0.4, 0.5) is 5.82 Å². The standard InChI is InChI=1S/C29H37N3O3/c1-4-27-29(33,22-14-16-31(27)17-15-22)23-12-13-28(30-24(23)18-21-10-8-7-9-11-21)32-19-25(34-5-2)26(20-32)35-6-3/h1,7-13,22,25-27,33H,5-6,14-20H2,2-3H3/t25-,26-,27?,29-/m1/s1. The molecule has 0 aliphatic carbocycles. The van der Waals surface area contributed by atoms with E-state index in [9.17, 15) is 5.11 Å². The van der Waals surface area contributed by atoms with Gasteiger partial charge in [0.25, 0.3) is 0 Å². The van der Waals surface area contributed by atoms with E-state index < -0.39 is 5.60 Å². The van der Waals surface area contributed by atoms with Crippen LogP contribution in [0.3, 0.4) is 0 Å². The van der Waals surface area contributed by atoms with Gasteiger partial charge in [0.1, 0.15) is 29.7 Å². The Labute approximate surface area is 209 Å². The zero-order valence-corrected chi connectivity index (χ0v) is 20.9. The SMILES string of the molecule is C#CC1N2CCC(CC2)[C@@]1(O)c1ccc(N2C[C@@H](OCC)[C@H](OCC)C2)nc1Cc1ccccc1. The van der Waals surface area contributed by atoms with Crippen LogP contribution in [0.15, 0.2) is 42.5 Å². The minimum atomic E-state index is -1.09. The smallest absolute Gasteiger partial charge is 0.129 e. The molecule has 186 valence electrons. The Bertz CT molecular complexity index is 1030. The van der Waals surface area contributed by atoms with Gasteiger partial charge in [-0.1, -0.05) is 42.3 Å². The first kappa shape index (κ1) is 24.3. The van der Waals surface area contributed by atoms with Gasteiger partial charge in [-0.25, -0.2) is 4.98 Å². The lowest BCUT2D eigenvalue weighted by molar-refractivity contribution is -0.143. The average molecular weight is 476 g/mol. The van der Waals surface area contributed by atoms with Gasteiger partial charge < -0.3 is 19.5 Å². The number of aliphatic hydroxyl groups is 1. The topological polar surface area (TPSA) is 58.1 Å². The number of pyridine rings is 1. The number of aromatic nitrogens is 1. The van der Waals surface area contributed by atoms with Gasteiger partial charge in [0, 0.05) is 38.3 Å². The van der Waals surface area contributed by atoms with Crippen molar-refractivity contribution in [2.75, 3.05) is 44.3 Å². The molecule has 4 atom stereocenters. The molecule has 1 aromatic heterocycles. The molecule has 1 aromatic carbocycles. The number of fused-ring (bicyclic) bond motifs is 3. The van der Waals surface area contributed by atoms with Crippen LogP contribution in [0.5, 0.6) is 0 Å². The summed E-state index contributed by atoms with van der Waals surface area (Å²) in [5.41, 5.74) is 1.86. The second-order valence-electron chi connectivity index (χ2n) is 9.92. The molecule has 4 aliphatic heterocycles. The fraction of sp³-hybridized carbons (Fsp3) is 0.552. The van der Waals surface area contributed by atoms with Crippen LogP contribution >= 0.6 is 0 Å². The second kappa shape index (κ2) is 10.3. The summed E-state index contributed by atoms with van der Waals surface area (Å²) in [5, 5.41) is 12.3. The van der Waals surface area contributed by atoms with E-state index in [2.05, 4.69) is 33.9 Å². The molecular weight excluding hydrogens is 438 g/mol. The van der Waals surface area contributed by atoms with Crippen molar-refractivity contribution in [3.63, 3.8) is 0 Å². The molecule has 0 amide bonds. The molecule has 6 heteroatoms. The van der Waals surface area contributed by atoms with Gasteiger partial charge in [-0.05, 0) is 57.3 Å². The molecule has 6 rings (SSSR count). The molecule has 5 heterocycles. The zero-order chi connectivity index (χ0) is 24.4. The third-order valence-corrected chi connectivity index (χ3v) is 8.00. The Kier molecular flexibility index (Phi) is 7.13. The Morgan fingerprint density at radius 3 is 2.29 bits per heavy atom. The summed E-state index contributed by atoms with van der Waals surface area (Å²) in [4.78, 5) is 9.69. The number of piperidine rings is 3. The number of ether oxygens (including phenoxy) is 2. The average Bonchev–Trinajstić information content (AvgIpc) is 3.28. The fourth-order valence-electron chi connectivity index (χ4n) is 6.33. The Hall–Kier alpha value is -2.43. The maximum Gasteiger partial charge on any atom is 0.129 e. The predicted molar refractivity (Wildman–Crippen MR) is 137 cm³/mol. The molecule has 4 saturated heterocycles. The predicted octanol–water partition coefficient (Wildman–Crippen LogP) is 3.22. The first-order chi connectivity index (χ1) is 17.1. The number of benzene rings is 1. The van der Waals surface area contributed by atoms with Crippen molar-refractivity contribution in [1.82, 2.24) is 9.88 Å². The number of nitrogens with zero attached hydrogens (tertiary/aromatic N) is 3. The lowest BCUT2D eigenvalue weighted by Gasteiger charge is -2.54. The van der Waals surface area contributed by atoms with E-state index in [4.69, 9.17) is 20.9 Å². The van der Waals surface area contributed by atoms with Crippen molar-refractivity contribution < 1.29 is 14.6 Å². The zero-order valence-electron chi connectivity index (χ0n) is 20.9. The van der Waals surface area contributed by atoms with Crippen LogP contribution in [-0.2, 0) is 21.5 Å². The molecule has 2 aromatic rings.